The molecule has 2 heterocycles. The highest BCUT2D eigenvalue weighted by atomic mass is 16.2. The van der Waals surface area contributed by atoms with Crippen LogP contribution in [-0.4, -0.2) is 17.4 Å². The number of nitrogens with one attached hydrogen (secondary N) is 1. The molecule has 0 saturated carbocycles. The van der Waals surface area contributed by atoms with E-state index in [2.05, 4.69) is 10.3 Å². The number of nitrogens with zero attached hydrogens (tertiary/aromatic N) is 2. The molecule has 0 fully saturated rings. The van der Waals surface area contributed by atoms with Gasteiger partial charge in [0, 0.05) is 6.54 Å². The number of nitrogens with two attached hydrogens (primary N) is 1. The van der Waals surface area contributed by atoms with Gasteiger partial charge in [0.15, 0.2) is 0 Å². The molecule has 1 aliphatic rings. The summed E-state index contributed by atoms with van der Waals surface area (Å²) in [5.41, 5.74) is 8.17. The summed E-state index contributed by atoms with van der Waals surface area (Å²) in [5.74, 6) is 0.698. The molecule has 0 bridgehead atoms. The highest BCUT2D eigenvalue weighted by Gasteiger charge is 2.23. The fourth-order valence-corrected chi connectivity index (χ4v) is 2.17. The van der Waals surface area contributed by atoms with Crippen LogP contribution in [0.2, 0.25) is 0 Å². The first-order valence-corrected chi connectivity index (χ1v) is 6.10. The summed E-state index contributed by atoms with van der Waals surface area (Å²) in [6.45, 7) is 0.646. The summed E-state index contributed by atoms with van der Waals surface area (Å²) in [6.07, 6.45) is 0. The number of amides is 1. The molecule has 0 unspecified atom stereocenters. The van der Waals surface area contributed by atoms with E-state index in [1.165, 1.54) is 0 Å². The second-order valence-electron chi connectivity index (χ2n) is 4.34. The quantitative estimate of drug-likeness (QED) is 0.854. The Labute approximate surface area is 111 Å². The lowest BCUT2D eigenvalue weighted by Gasteiger charge is -2.30. The first-order valence-electron chi connectivity index (χ1n) is 6.10. The SMILES string of the molecule is NCc1cccc(N2CC(=O)Nc3ccccc32)n1. The van der Waals surface area contributed by atoms with E-state index < -0.39 is 0 Å². The zero-order chi connectivity index (χ0) is 13.2. The standard InChI is InChI=1S/C14H14N4O/c15-8-10-4-3-7-13(16-10)18-9-14(19)17-11-5-1-2-6-12(11)18/h1-7H,8-9,15H2,(H,17,19). The molecule has 19 heavy (non-hydrogen) atoms. The lowest BCUT2D eigenvalue weighted by molar-refractivity contribution is -0.115. The minimum absolute atomic E-state index is 0.0429. The van der Waals surface area contributed by atoms with E-state index in [1.54, 1.807) is 0 Å². The monoisotopic (exact) mass is 254 g/mol. The Hall–Kier alpha value is -2.40. The van der Waals surface area contributed by atoms with E-state index in [9.17, 15) is 4.79 Å². The molecule has 3 rings (SSSR count). The first-order chi connectivity index (χ1) is 9.28. The van der Waals surface area contributed by atoms with Gasteiger partial charge in [-0.05, 0) is 24.3 Å². The number of hydrogen-bond donors (Lipinski definition) is 2. The van der Waals surface area contributed by atoms with Crippen molar-refractivity contribution in [1.82, 2.24) is 4.98 Å². The Morgan fingerprint density at radius 1 is 1.21 bits per heavy atom. The van der Waals surface area contributed by atoms with Gasteiger partial charge in [-0.1, -0.05) is 18.2 Å². The minimum Gasteiger partial charge on any atom is -0.325 e. The minimum atomic E-state index is -0.0429. The fourth-order valence-electron chi connectivity index (χ4n) is 2.17. The van der Waals surface area contributed by atoms with E-state index in [-0.39, 0.29) is 12.5 Å². The van der Waals surface area contributed by atoms with Crippen LogP contribution in [0.4, 0.5) is 17.2 Å². The zero-order valence-electron chi connectivity index (χ0n) is 10.3. The van der Waals surface area contributed by atoms with Gasteiger partial charge in [0.1, 0.15) is 12.4 Å². The molecule has 5 heteroatoms. The van der Waals surface area contributed by atoms with Crippen molar-refractivity contribution in [3.8, 4) is 0 Å². The summed E-state index contributed by atoms with van der Waals surface area (Å²) in [7, 11) is 0. The third-order valence-corrected chi connectivity index (χ3v) is 3.05. The zero-order valence-corrected chi connectivity index (χ0v) is 10.3. The maximum atomic E-state index is 11.8. The van der Waals surface area contributed by atoms with Crippen LogP contribution in [-0.2, 0) is 11.3 Å². The van der Waals surface area contributed by atoms with Gasteiger partial charge in [-0.2, -0.15) is 0 Å². The predicted molar refractivity (Wildman–Crippen MR) is 74.2 cm³/mol. The van der Waals surface area contributed by atoms with Gasteiger partial charge in [0.05, 0.1) is 17.1 Å². The number of rotatable bonds is 2. The number of aromatic nitrogens is 1. The van der Waals surface area contributed by atoms with Crippen molar-refractivity contribution in [3.05, 3.63) is 48.2 Å². The van der Waals surface area contributed by atoms with Crippen molar-refractivity contribution in [3.63, 3.8) is 0 Å². The van der Waals surface area contributed by atoms with Crippen LogP contribution in [0, 0.1) is 0 Å². The number of pyridine rings is 1. The molecule has 0 radical (unpaired) electrons. The normalized spacial score (nSPS) is 13.9. The van der Waals surface area contributed by atoms with E-state index in [4.69, 9.17) is 5.73 Å². The van der Waals surface area contributed by atoms with Crippen LogP contribution < -0.4 is 16.0 Å². The number of carbonyl (C=O) groups is 1. The topological polar surface area (TPSA) is 71.2 Å². The Kier molecular flexibility index (Phi) is 2.89. The second kappa shape index (κ2) is 4.70. The number of para-hydroxylation sites is 2. The largest absolute Gasteiger partial charge is 0.325 e. The molecule has 0 aliphatic carbocycles. The number of hydrogen-bond acceptors (Lipinski definition) is 4. The second-order valence-corrected chi connectivity index (χ2v) is 4.34. The third kappa shape index (κ3) is 2.15. The Morgan fingerprint density at radius 3 is 2.89 bits per heavy atom. The smallest absolute Gasteiger partial charge is 0.244 e. The number of carbonyl (C=O) groups excluding carboxylic acids is 1. The van der Waals surface area contributed by atoms with Crippen LogP contribution >= 0.6 is 0 Å². The molecule has 1 aliphatic heterocycles. The van der Waals surface area contributed by atoms with Crippen LogP contribution in [0.15, 0.2) is 42.5 Å². The molecule has 0 spiro atoms. The summed E-state index contributed by atoms with van der Waals surface area (Å²) in [5, 5.41) is 2.86. The molecule has 1 amide bonds. The summed E-state index contributed by atoms with van der Waals surface area (Å²) in [4.78, 5) is 18.1. The lowest BCUT2D eigenvalue weighted by atomic mass is 10.2. The summed E-state index contributed by atoms with van der Waals surface area (Å²) in [6, 6.07) is 13.3. The first kappa shape index (κ1) is 11.7. The Bertz CT molecular complexity index is 626. The van der Waals surface area contributed by atoms with Crippen molar-refractivity contribution in [2.24, 2.45) is 5.73 Å². The van der Waals surface area contributed by atoms with E-state index in [0.29, 0.717) is 6.54 Å². The summed E-state index contributed by atoms with van der Waals surface area (Å²) < 4.78 is 0. The highest BCUT2D eigenvalue weighted by molar-refractivity contribution is 6.02. The van der Waals surface area contributed by atoms with Gasteiger partial charge < -0.3 is 16.0 Å². The lowest BCUT2D eigenvalue weighted by Crippen LogP contribution is -2.35. The van der Waals surface area contributed by atoms with Gasteiger partial charge in [-0.3, -0.25) is 4.79 Å². The molecule has 1 aromatic carbocycles. The summed E-state index contributed by atoms with van der Waals surface area (Å²) >= 11 is 0. The number of anilines is 3. The van der Waals surface area contributed by atoms with E-state index in [1.807, 2.05) is 47.4 Å². The van der Waals surface area contributed by atoms with Gasteiger partial charge in [0.2, 0.25) is 5.91 Å². The molecule has 1 aromatic heterocycles. The maximum Gasteiger partial charge on any atom is 0.244 e. The molecule has 0 atom stereocenters. The molecule has 3 N–H and O–H groups in total. The Balaban J connectivity index is 2.07. The fraction of sp³-hybridized carbons (Fsp3) is 0.143. The van der Waals surface area contributed by atoms with Crippen molar-refractivity contribution in [2.75, 3.05) is 16.8 Å². The van der Waals surface area contributed by atoms with Gasteiger partial charge in [-0.25, -0.2) is 4.98 Å². The average molecular weight is 254 g/mol. The van der Waals surface area contributed by atoms with Gasteiger partial charge in [0.25, 0.3) is 0 Å². The highest BCUT2D eigenvalue weighted by Crippen LogP contribution is 2.33. The molecule has 5 nitrogen and oxygen atoms in total. The maximum absolute atomic E-state index is 11.8. The number of fused-ring (bicyclic) bond motifs is 1. The van der Waals surface area contributed by atoms with Crippen LogP contribution in [0.1, 0.15) is 5.69 Å². The van der Waals surface area contributed by atoms with Crippen molar-refractivity contribution in [2.45, 2.75) is 6.54 Å². The third-order valence-electron chi connectivity index (χ3n) is 3.05. The van der Waals surface area contributed by atoms with Crippen LogP contribution in [0.5, 0.6) is 0 Å². The van der Waals surface area contributed by atoms with Gasteiger partial charge >= 0.3 is 0 Å². The average Bonchev–Trinajstić information content (AvgIpc) is 2.46. The molecular weight excluding hydrogens is 240 g/mol. The van der Waals surface area contributed by atoms with E-state index in [0.717, 1.165) is 22.9 Å². The molecule has 2 aromatic rings. The van der Waals surface area contributed by atoms with Crippen LogP contribution in [0.25, 0.3) is 0 Å². The van der Waals surface area contributed by atoms with Crippen LogP contribution in [0.3, 0.4) is 0 Å². The molecular formula is C14H14N4O. The van der Waals surface area contributed by atoms with Gasteiger partial charge in [-0.15, -0.1) is 0 Å². The van der Waals surface area contributed by atoms with Crippen molar-refractivity contribution >= 4 is 23.1 Å². The Morgan fingerprint density at radius 2 is 2.05 bits per heavy atom. The molecule has 96 valence electrons. The van der Waals surface area contributed by atoms with E-state index >= 15 is 0 Å². The number of benzene rings is 1. The molecule has 0 saturated heterocycles. The predicted octanol–water partition coefficient (Wildman–Crippen LogP) is 1.63. The van der Waals surface area contributed by atoms with Crippen molar-refractivity contribution < 1.29 is 4.79 Å². The van der Waals surface area contributed by atoms with Crippen molar-refractivity contribution in [1.29, 1.82) is 0 Å².